The second kappa shape index (κ2) is 6.20. The Morgan fingerprint density at radius 1 is 1.54 bits per heavy atom. The third-order valence-corrected chi connectivity index (χ3v) is 4.93. The standard InChI is InChI=1S/C16H18N6OS/c1-2-22-15(17-9-18-22)14(10-3-4-10)19-16(23)13-7-12(20-21-13)11-5-6-24-8-11/h5-10,14H,2-4H2,1H3,(H,19,23)(H,20,21). The van der Waals surface area contributed by atoms with E-state index in [4.69, 9.17) is 0 Å². The van der Waals surface area contributed by atoms with Crippen LogP contribution in [0.1, 0.15) is 42.1 Å². The summed E-state index contributed by atoms with van der Waals surface area (Å²) in [6, 6.07) is 3.67. The first-order valence-corrected chi connectivity index (χ1v) is 8.97. The van der Waals surface area contributed by atoms with Crippen LogP contribution >= 0.6 is 11.3 Å². The number of carbonyl (C=O) groups is 1. The first kappa shape index (κ1) is 15.1. The predicted molar refractivity (Wildman–Crippen MR) is 90.5 cm³/mol. The highest BCUT2D eigenvalue weighted by Crippen LogP contribution is 2.40. The fourth-order valence-corrected chi connectivity index (χ4v) is 3.45. The third kappa shape index (κ3) is 2.84. The quantitative estimate of drug-likeness (QED) is 0.721. The molecule has 8 heteroatoms. The summed E-state index contributed by atoms with van der Waals surface area (Å²) in [6.07, 6.45) is 3.75. The summed E-state index contributed by atoms with van der Waals surface area (Å²) in [7, 11) is 0. The number of hydrogen-bond acceptors (Lipinski definition) is 5. The fraction of sp³-hybridized carbons (Fsp3) is 0.375. The van der Waals surface area contributed by atoms with Crippen molar-refractivity contribution in [2.24, 2.45) is 5.92 Å². The lowest BCUT2D eigenvalue weighted by Gasteiger charge is -2.17. The number of aromatic nitrogens is 5. The van der Waals surface area contributed by atoms with Crippen molar-refractivity contribution >= 4 is 17.2 Å². The Bertz CT molecular complexity index is 833. The number of hydrogen-bond donors (Lipinski definition) is 2. The zero-order valence-corrected chi connectivity index (χ0v) is 14.1. The maximum absolute atomic E-state index is 12.6. The summed E-state index contributed by atoms with van der Waals surface area (Å²) in [6.45, 7) is 2.76. The van der Waals surface area contributed by atoms with Gasteiger partial charge in [-0.3, -0.25) is 9.89 Å². The number of thiophene rings is 1. The molecule has 1 aliphatic carbocycles. The van der Waals surface area contributed by atoms with Gasteiger partial charge in [0, 0.05) is 17.5 Å². The lowest BCUT2D eigenvalue weighted by molar-refractivity contribution is 0.0923. The predicted octanol–water partition coefficient (Wildman–Crippen LogP) is 2.63. The molecule has 0 saturated heterocycles. The van der Waals surface area contributed by atoms with E-state index in [0.29, 0.717) is 11.6 Å². The molecule has 0 aliphatic heterocycles. The van der Waals surface area contributed by atoms with Crippen molar-refractivity contribution in [3.05, 3.63) is 40.7 Å². The van der Waals surface area contributed by atoms with Gasteiger partial charge < -0.3 is 5.32 Å². The van der Waals surface area contributed by atoms with Crippen molar-refractivity contribution < 1.29 is 4.79 Å². The summed E-state index contributed by atoms with van der Waals surface area (Å²) < 4.78 is 1.84. The van der Waals surface area contributed by atoms with E-state index in [1.165, 1.54) is 0 Å². The average molecular weight is 342 g/mol. The number of rotatable bonds is 6. The van der Waals surface area contributed by atoms with Crippen LogP contribution in [0.2, 0.25) is 0 Å². The SMILES string of the molecule is CCn1ncnc1C(NC(=O)c1cc(-c2ccsc2)n[nH]1)C1CC1. The Kier molecular flexibility index (Phi) is 3.89. The zero-order chi connectivity index (χ0) is 16.5. The molecule has 0 radical (unpaired) electrons. The Balaban J connectivity index is 1.54. The second-order valence-electron chi connectivity index (χ2n) is 5.90. The molecule has 1 unspecified atom stereocenters. The van der Waals surface area contributed by atoms with E-state index in [9.17, 15) is 4.79 Å². The van der Waals surface area contributed by atoms with E-state index >= 15 is 0 Å². The number of nitrogens with one attached hydrogen (secondary N) is 2. The highest BCUT2D eigenvalue weighted by atomic mass is 32.1. The van der Waals surface area contributed by atoms with Gasteiger partial charge in [0.05, 0.1) is 11.7 Å². The molecule has 1 atom stereocenters. The van der Waals surface area contributed by atoms with Crippen molar-refractivity contribution in [2.45, 2.75) is 32.4 Å². The molecule has 24 heavy (non-hydrogen) atoms. The number of carbonyl (C=O) groups excluding carboxylic acids is 1. The number of H-pyrrole nitrogens is 1. The number of aromatic amines is 1. The normalized spacial score (nSPS) is 15.4. The van der Waals surface area contributed by atoms with Crippen molar-refractivity contribution in [2.75, 3.05) is 0 Å². The van der Waals surface area contributed by atoms with Crippen LogP contribution < -0.4 is 5.32 Å². The first-order valence-electron chi connectivity index (χ1n) is 8.02. The van der Waals surface area contributed by atoms with Gasteiger partial charge in [0.15, 0.2) is 0 Å². The van der Waals surface area contributed by atoms with Gasteiger partial charge in [0.1, 0.15) is 17.8 Å². The minimum absolute atomic E-state index is 0.104. The molecule has 3 aromatic rings. The molecule has 1 fully saturated rings. The van der Waals surface area contributed by atoms with Crippen LogP contribution in [0.3, 0.4) is 0 Å². The molecule has 4 rings (SSSR count). The fourth-order valence-electron chi connectivity index (χ4n) is 2.80. The van der Waals surface area contributed by atoms with E-state index in [0.717, 1.165) is 36.5 Å². The summed E-state index contributed by atoms with van der Waals surface area (Å²) >= 11 is 1.60. The highest BCUT2D eigenvalue weighted by molar-refractivity contribution is 7.08. The van der Waals surface area contributed by atoms with E-state index in [1.54, 1.807) is 23.7 Å². The van der Waals surface area contributed by atoms with Gasteiger partial charge in [-0.05, 0) is 43.2 Å². The Morgan fingerprint density at radius 3 is 3.12 bits per heavy atom. The summed E-state index contributed by atoms with van der Waals surface area (Å²) in [5.74, 6) is 1.10. The van der Waals surface area contributed by atoms with Gasteiger partial charge in [0.25, 0.3) is 5.91 Å². The molecular formula is C16H18N6OS. The Morgan fingerprint density at radius 2 is 2.42 bits per heavy atom. The molecule has 1 saturated carbocycles. The topological polar surface area (TPSA) is 88.5 Å². The van der Waals surface area contributed by atoms with Crippen LogP contribution in [0.25, 0.3) is 11.3 Å². The molecular weight excluding hydrogens is 324 g/mol. The lowest BCUT2D eigenvalue weighted by Crippen LogP contribution is -2.32. The van der Waals surface area contributed by atoms with Crippen LogP contribution in [-0.2, 0) is 6.54 Å². The monoisotopic (exact) mass is 342 g/mol. The van der Waals surface area contributed by atoms with Crippen LogP contribution in [0.4, 0.5) is 0 Å². The summed E-state index contributed by atoms with van der Waals surface area (Å²) in [5, 5.41) is 18.4. The maximum atomic E-state index is 12.6. The molecule has 0 bridgehead atoms. The maximum Gasteiger partial charge on any atom is 0.269 e. The molecule has 1 aliphatic rings. The van der Waals surface area contributed by atoms with Crippen LogP contribution in [0.15, 0.2) is 29.2 Å². The van der Waals surface area contributed by atoms with Gasteiger partial charge in [-0.15, -0.1) is 0 Å². The Labute approximate surface area is 143 Å². The van der Waals surface area contributed by atoms with Gasteiger partial charge in [-0.1, -0.05) is 0 Å². The summed E-state index contributed by atoms with van der Waals surface area (Å²) in [5.41, 5.74) is 2.25. The van der Waals surface area contributed by atoms with E-state index < -0.39 is 0 Å². The average Bonchev–Trinajstić information content (AvgIpc) is 3.05. The van der Waals surface area contributed by atoms with Crippen LogP contribution in [-0.4, -0.2) is 30.9 Å². The molecule has 0 spiro atoms. The number of nitrogens with zero attached hydrogens (tertiary/aromatic N) is 4. The molecule has 2 N–H and O–H groups in total. The minimum atomic E-state index is -0.161. The number of aryl methyl sites for hydroxylation is 1. The second-order valence-corrected chi connectivity index (χ2v) is 6.68. The lowest BCUT2D eigenvalue weighted by atomic mass is 10.1. The molecule has 1 amide bonds. The van der Waals surface area contributed by atoms with Crippen molar-refractivity contribution in [1.82, 2.24) is 30.3 Å². The van der Waals surface area contributed by atoms with E-state index in [-0.39, 0.29) is 11.9 Å². The van der Waals surface area contributed by atoms with E-state index in [2.05, 4.69) is 25.6 Å². The van der Waals surface area contributed by atoms with Gasteiger partial charge in [-0.2, -0.15) is 21.5 Å². The first-order chi connectivity index (χ1) is 11.8. The third-order valence-electron chi connectivity index (χ3n) is 4.24. The molecule has 3 aromatic heterocycles. The molecule has 124 valence electrons. The minimum Gasteiger partial charge on any atom is -0.340 e. The van der Waals surface area contributed by atoms with Gasteiger partial charge >= 0.3 is 0 Å². The highest BCUT2D eigenvalue weighted by Gasteiger charge is 2.36. The Hall–Kier alpha value is -2.48. The van der Waals surface area contributed by atoms with Gasteiger partial charge in [-0.25, -0.2) is 9.67 Å². The molecule has 3 heterocycles. The van der Waals surface area contributed by atoms with Crippen molar-refractivity contribution in [3.63, 3.8) is 0 Å². The largest absolute Gasteiger partial charge is 0.340 e. The van der Waals surface area contributed by atoms with E-state index in [1.807, 2.05) is 28.4 Å². The molecule has 0 aromatic carbocycles. The smallest absolute Gasteiger partial charge is 0.269 e. The van der Waals surface area contributed by atoms with Crippen LogP contribution in [0.5, 0.6) is 0 Å². The van der Waals surface area contributed by atoms with Crippen molar-refractivity contribution in [1.29, 1.82) is 0 Å². The zero-order valence-electron chi connectivity index (χ0n) is 13.3. The van der Waals surface area contributed by atoms with Gasteiger partial charge in [0.2, 0.25) is 0 Å². The van der Waals surface area contributed by atoms with Crippen molar-refractivity contribution in [3.8, 4) is 11.3 Å². The summed E-state index contributed by atoms with van der Waals surface area (Å²) in [4.78, 5) is 17.0. The van der Waals surface area contributed by atoms with Crippen LogP contribution in [0, 0.1) is 5.92 Å². The molecule has 7 nitrogen and oxygen atoms in total. The number of amides is 1.